The minimum absolute atomic E-state index is 0.198. The molecule has 3 aromatic rings. The molecule has 96 valence electrons. The first kappa shape index (κ1) is 11.8. The highest BCUT2D eigenvalue weighted by Crippen LogP contribution is 2.29. The Morgan fingerprint density at radius 3 is 2.95 bits per heavy atom. The van der Waals surface area contributed by atoms with Crippen LogP contribution in [0.25, 0.3) is 11.2 Å². The molecule has 4 N–H and O–H groups in total. The van der Waals surface area contributed by atoms with E-state index in [-0.39, 0.29) is 5.95 Å². The first-order valence-electron chi connectivity index (χ1n) is 5.64. The van der Waals surface area contributed by atoms with Crippen molar-refractivity contribution in [3.8, 4) is 0 Å². The van der Waals surface area contributed by atoms with Gasteiger partial charge >= 0.3 is 0 Å². The minimum Gasteiger partial charge on any atom is -0.368 e. The van der Waals surface area contributed by atoms with Crippen LogP contribution in [0.3, 0.4) is 0 Å². The Kier molecular flexibility index (Phi) is 2.96. The van der Waals surface area contributed by atoms with E-state index in [1.807, 2.05) is 30.5 Å². The molecule has 0 unspecified atom stereocenters. The summed E-state index contributed by atoms with van der Waals surface area (Å²) < 4.78 is 0. The average Bonchev–Trinajstić information content (AvgIpc) is 2.87. The third-order valence-corrected chi connectivity index (χ3v) is 3.46. The van der Waals surface area contributed by atoms with E-state index in [1.165, 1.54) is 0 Å². The van der Waals surface area contributed by atoms with E-state index in [4.69, 9.17) is 5.73 Å². The van der Waals surface area contributed by atoms with Crippen molar-refractivity contribution in [1.29, 1.82) is 0 Å². The maximum atomic E-state index is 5.69. The SMILES string of the molecule is CSc1ccccc1Nc1nc(N)nc2nc[nH]c12. The fourth-order valence-corrected chi connectivity index (χ4v) is 2.37. The van der Waals surface area contributed by atoms with Crippen molar-refractivity contribution in [2.24, 2.45) is 0 Å². The largest absolute Gasteiger partial charge is 0.368 e. The molecule has 3 rings (SSSR count). The quantitative estimate of drug-likeness (QED) is 0.634. The molecule has 7 heteroatoms. The number of fused-ring (bicyclic) bond motifs is 1. The van der Waals surface area contributed by atoms with E-state index in [1.54, 1.807) is 18.1 Å². The molecular formula is C12H12N6S. The predicted octanol–water partition coefficient (Wildman–Crippen LogP) is 2.40. The minimum atomic E-state index is 0.198. The number of para-hydroxylation sites is 1. The number of hydrogen-bond donors (Lipinski definition) is 3. The Morgan fingerprint density at radius 1 is 1.26 bits per heavy atom. The van der Waals surface area contributed by atoms with Gasteiger partial charge in [0.25, 0.3) is 0 Å². The lowest BCUT2D eigenvalue weighted by Gasteiger charge is -2.10. The number of aromatic nitrogens is 4. The van der Waals surface area contributed by atoms with Crippen LogP contribution < -0.4 is 11.1 Å². The second-order valence-corrected chi connectivity index (χ2v) is 4.70. The third-order valence-electron chi connectivity index (χ3n) is 2.66. The highest BCUT2D eigenvalue weighted by molar-refractivity contribution is 7.98. The van der Waals surface area contributed by atoms with Crippen LogP contribution in [0.1, 0.15) is 0 Å². The fraction of sp³-hybridized carbons (Fsp3) is 0.0833. The molecule has 19 heavy (non-hydrogen) atoms. The van der Waals surface area contributed by atoms with Crippen LogP contribution in [0.5, 0.6) is 0 Å². The highest BCUT2D eigenvalue weighted by atomic mass is 32.2. The van der Waals surface area contributed by atoms with Crippen LogP contribution in [-0.2, 0) is 0 Å². The number of aromatic amines is 1. The van der Waals surface area contributed by atoms with Crippen LogP contribution in [0.2, 0.25) is 0 Å². The lowest BCUT2D eigenvalue weighted by molar-refractivity contribution is 1.21. The number of H-pyrrole nitrogens is 1. The number of anilines is 3. The van der Waals surface area contributed by atoms with Gasteiger partial charge in [-0.05, 0) is 18.4 Å². The Balaban J connectivity index is 2.07. The zero-order valence-corrected chi connectivity index (χ0v) is 11.0. The van der Waals surface area contributed by atoms with E-state index in [9.17, 15) is 0 Å². The molecule has 0 aliphatic carbocycles. The van der Waals surface area contributed by atoms with Crippen LogP contribution in [0.4, 0.5) is 17.5 Å². The van der Waals surface area contributed by atoms with Gasteiger partial charge in [-0.1, -0.05) is 12.1 Å². The lowest BCUT2D eigenvalue weighted by Crippen LogP contribution is -2.01. The standard InChI is InChI=1S/C12H12N6S/c1-19-8-5-3-2-4-7(8)16-11-9-10(15-6-14-9)17-12(13)18-11/h2-6H,1H3,(H4,13,14,15,16,17,18). The molecule has 1 aromatic carbocycles. The number of nitrogens with two attached hydrogens (primary N) is 1. The van der Waals surface area contributed by atoms with E-state index in [0.29, 0.717) is 11.5 Å². The molecule has 0 aliphatic heterocycles. The Labute approximate surface area is 113 Å². The lowest BCUT2D eigenvalue weighted by atomic mass is 10.3. The number of nitrogens with zero attached hydrogens (tertiary/aromatic N) is 3. The van der Waals surface area contributed by atoms with Crippen molar-refractivity contribution in [3.63, 3.8) is 0 Å². The van der Waals surface area contributed by atoms with E-state index >= 15 is 0 Å². The molecule has 2 heterocycles. The molecular weight excluding hydrogens is 260 g/mol. The van der Waals surface area contributed by atoms with Gasteiger partial charge in [0.15, 0.2) is 11.5 Å². The Morgan fingerprint density at radius 2 is 2.11 bits per heavy atom. The van der Waals surface area contributed by atoms with E-state index in [0.717, 1.165) is 16.1 Å². The normalized spacial score (nSPS) is 10.8. The third kappa shape index (κ3) is 2.19. The summed E-state index contributed by atoms with van der Waals surface area (Å²) in [5.74, 6) is 0.824. The number of benzene rings is 1. The molecule has 0 bridgehead atoms. The van der Waals surface area contributed by atoms with E-state index in [2.05, 4.69) is 25.3 Å². The predicted molar refractivity (Wildman–Crippen MR) is 77.6 cm³/mol. The summed E-state index contributed by atoms with van der Waals surface area (Å²) in [5.41, 5.74) is 7.96. The van der Waals surface area contributed by atoms with Gasteiger partial charge in [0.05, 0.1) is 12.0 Å². The second-order valence-electron chi connectivity index (χ2n) is 3.86. The van der Waals surface area contributed by atoms with Gasteiger partial charge in [0, 0.05) is 4.90 Å². The van der Waals surface area contributed by atoms with Crippen LogP contribution in [0.15, 0.2) is 35.5 Å². The van der Waals surface area contributed by atoms with Crippen LogP contribution in [-0.4, -0.2) is 26.2 Å². The van der Waals surface area contributed by atoms with Crippen molar-refractivity contribution < 1.29 is 0 Å². The monoisotopic (exact) mass is 272 g/mol. The van der Waals surface area contributed by atoms with Crippen LogP contribution >= 0.6 is 11.8 Å². The number of thioether (sulfide) groups is 1. The van der Waals surface area contributed by atoms with Crippen molar-refractivity contribution in [2.75, 3.05) is 17.3 Å². The van der Waals surface area contributed by atoms with Crippen molar-refractivity contribution in [2.45, 2.75) is 4.90 Å². The topological polar surface area (TPSA) is 92.5 Å². The fourth-order valence-electron chi connectivity index (χ4n) is 1.82. The van der Waals surface area contributed by atoms with E-state index < -0.39 is 0 Å². The van der Waals surface area contributed by atoms with Crippen LogP contribution in [0, 0.1) is 0 Å². The molecule has 0 aliphatic rings. The zero-order chi connectivity index (χ0) is 13.2. The molecule has 0 spiro atoms. The van der Waals surface area contributed by atoms with Crippen molar-refractivity contribution in [1.82, 2.24) is 19.9 Å². The molecule has 0 saturated heterocycles. The number of nitrogen functional groups attached to an aromatic ring is 1. The number of imidazole rings is 1. The number of hydrogen-bond acceptors (Lipinski definition) is 6. The van der Waals surface area contributed by atoms with Crippen molar-refractivity contribution >= 4 is 40.4 Å². The van der Waals surface area contributed by atoms with Gasteiger partial charge < -0.3 is 16.0 Å². The highest BCUT2D eigenvalue weighted by Gasteiger charge is 2.10. The van der Waals surface area contributed by atoms with Crippen molar-refractivity contribution in [3.05, 3.63) is 30.6 Å². The number of nitrogens with one attached hydrogen (secondary N) is 2. The maximum Gasteiger partial charge on any atom is 0.224 e. The summed E-state index contributed by atoms with van der Waals surface area (Å²) in [6, 6.07) is 8.00. The van der Waals surface area contributed by atoms with Gasteiger partial charge in [-0.15, -0.1) is 11.8 Å². The molecule has 0 saturated carbocycles. The van der Waals surface area contributed by atoms with Gasteiger partial charge in [-0.3, -0.25) is 0 Å². The first-order valence-corrected chi connectivity index (χ1v) is 6.87. The summed E-state index contributed by atoms with van der Waals surface area (Å²) in [4.78, 5) is 16.5. The zero-order valence-electron chi connectivity index (χ0n) is 10.2. The summed E-state index contributed by atoms with van der Waals surface area (Å²) in [5, 5.41) is 3.27. The molecule has 0 radical (unpaired) electrons. The van der Waals surface area contributed by atoms with Gasteiger partial charge in [0.2, 0.25) is 5.95 Å². The Hall–Kier alpha value is -2.28. The van der Waals surface area contributed by atoms with Gasteiger partial charge in [-0.2, -0.15) is 9.97 Å². The first-order chi connectivity index (χ1) is 9.28. The second kappa shape index (κ2) is 4.77. The molecule has 0 amide bonds. The smallest absolute Gasteiger partial charge is 0.224 e. The molecule has 0 atom stereocenters. The summed E-state index contributed by atoms with van der Waals surface area (Å²) in [7, 11) is 0. The summed E-state index contributed by atoms with van der Waals surface area (Å²) in [6.07, 6.45) is 3.60. The molecule has 0 fully saturated rings. The maximum absolute atomic E-state index is 5.69. The average molecular weight is 272 g/mol. The molecule has 6 nitrogen and oxygen atoms in total. The summed E-state index contributed by atoms with van der Waals surface area (Å²) >= 11 is 1.66. The number of rotatable bonds is 3. The molecule has 2 aromatic heterocycles. The summed E-state index contributed by atoms with van der Waals surface area (Å²) in [6.45, 7) is 0. The van der Waals surface area contributed by atoms with Gasteiger partial charge in [0.1, 0.15) is 5.52 Å². The Bertz CT molecular complexity index is 723. The van der Waals surface area contributed by atoms with Gasteiger partial charge in [-0.25, -0.2) is 4.98 Å².